The van der Waals surface area contributed by atoms with E-state index >= 15 is 0 Å². The fourth-order valence-corrected chi connectivity index (χ4v) is 3.97. The minimum Gasteiger partial charge on any atom is -0.377 e. The first-order valence-corrected chi connectivity index (χ1v) is 9.86. The van der Waals surface area contributed by atoms with Gasteiger partial charge in [-0.3, -0.25) is 9.69 Å². The molecule has 134 valence electrons. The summed E-state index contributed by atoms with van der Waals surface area (Å²) in [6, 6.07) is 12.2. The highest BCUT2D eigenvalue weighted by molar-refractivity contribution is 7.09. The molecule has 1 aliphatic rings. The van der Waals surface area contributed by atoms with Gasteiger partial charge in [0.1, 0.15) is 0 Å². The van der Waals surface area contributed by atoms with E-state index in [4.69, 9.17) is 4.74 Å². The number of nitrogens with zero attached hydrogens (tertiary/aromatic N) is 1. The third-order valence-electron chi connectivity index (χ3n) is 4.48. The van der Waals surface area contributed by atoms with Crippen LogP contribution in [0, 0.1) is 0 Å². The first-order chi connectivity index (χ1) is 12.2. The highest BCUT2D eigenvalue weighted by Crippen LogP contribution is 2.18. The maximum Gasteiger partial charge on any atom is 0.238 e. The molecular weight excluding hydrogens is 332 g/mol. The average molecular weight is 359 g/mol. The summed E-state index contributed by atoms with van der Waals surface area (Å²) in [5.74, 6) is 0.0375. The van der Waals surface area contributed by atoms with Crippen molar-refractivity contribution < 1.29 is 9.53 Å². The molecule has 1 N–H and O–H groups in total. The lowest BCUT2D eigenvalue weighted by atomic mass is 10.1. The van der Waals surface area contributed by atoms with Crippen molar-refractivity contribution in [2.75, 3.05) is 25.0 Å². The van der Waals surface area contributed by atoms with Crippen LogP contribution in [0.4, 0.5) is 5.69 Å². The van der Waals surface area contributed by atoms with E-state index in [1.165, 1.54) is 10.4 Å². The number of hydrogen-bond donors (Lipinski definition) is 1. The summed E-state index contributed by atoms with van der Waals surface area (Å²) in [7, 11) is 0. The highest BCUT2D eigenvalue weighted by Gasteiger charge is 2.21. The summed E-state index contributed by atoms with van der Waals surface area (Å²) in [4.78, 5) is 16.1. The van der Waals surface area contributed by atoms with Gasteiger partial charge in [0.15, 0.2) is 0 Å². The topological polar surface area (TPSA) is 41.6 Å². The molecule has 0 saturated carbocycles. The predicted molar refractivity (Wildman–Crippen MR) is 103 cm³/mol. The predicted octanol–water partition coefficient (Wildman–Crippen LogP) is 3.93. The smallest absolute Gasteiger partial charge is 0.238 e. The zero-order valence-electron chi connectivity index (χ0n) is 14.7. The number of aryl methyl sites for hydroxylation is 1. The van der Waals surface area contributed by atoms with Crippen LogP contribution in [-0.4, -0.2) is 36.6 Å². The number of rotatable bonds is 8. The molecule has 25 heavy (non-hydrogen) atoms. The van der Waals surface area contributed by atoms with E-state index in [1.807, 2.05) is 18.2 Å². The second-order valence-electron chi connectivity index (χ2n) is 6.44. The van der Waals surface area contributed by atoms with Crippen molar-refractivity contribution in [1.82, 2.24) is 4.90 Å². The number of anilines is 1. The van der Waals surface area contributed by atoms with Gasteiger partial charge in [-0.15, -0.1) is 11.3 Å². The normalized spacial score (nSPS) is 17.1. The number of carbonyl (C=O) groups excluding carboxylic acids is 1. The van der Waals surface area contributed by atoms with E-state index in [0.717, 1.165) is 44.6 Å². The van der Waals surface area contributed by atoms with E-state index in [9.17, 15) is 4.79 Å². The average Bonchev–Trinajstić information content (AvgIpc) is 3.29. The largest absolute Gasteiger partial charge is 0.377 e. The monoisotopic (exact) mass is 358 g/mol. The van der Waals surface area contributed by atoms with Crippen LogP contribution < -0.4 is 5.32 Å². The van der Waals surface area contributed by atoms with Crippen molar-refractivity contribution in [2.24, 2.45) is 0 Å². The Morgan fingerprint density at radius 2 is 2.20 bits per heavy atom. The van der Waals surface area contributed by atoms with Gasteiger partial charge in [-0.2, -0.15) is 0 Å². The van der Waals surface area contributed by atoms with Crippen LogP contribution in [0.25, 0.3) is 0 Å². The van der Waals surface area contributed by atoms with Gasteiger partial charge in [-0.05, 0) is 42.3 Å². The summed E-state index contributed by atoms with van der Waals surface area (Å²) in [6.45, 7) is 4.93. The number of thiophene rings is 1. The summed E-state index contributed by atoms with van der Waals surface area (Å²) < 4.78 is 5.77. The van der Waals surface area contributed by atoms with Crippen molar-refractivity contribution in [3.05, 3.63) is 52.2 Å². The van der Waals surface area contributed by atoms with Crippen molar-refractivity contribution in [1.29, 1.82) is 0 Å². The zero-order chi connectivity index (χ0) is 17.5. The van der Waals surface area contributed by atoms with Crippen molar-refractivity contribution >= 4 is 22.9 Å². The first kappa shape index (κ1) is 18.1. The first-order valence-electron chi connectivity index (χ1n) is 8.98. The second-order valence-corrected chi connectivity index (χ2v) is 7.48. The molecule has 1 aromatic heterocycles. The van der Waals surface area contributed by atoms with E-state index in [1.54, 1.807) is 11.3 Å². The van der Waals surface area contributed by atoms with Crippen LogP contribution in [0.5, 0.6) is 0 Å². The number of para-hydroxylation sites is 1. The van der Waals surface area contributed by atoms with Gasteiger partial charge in [-0.1, -0.05) is 31.2 Å². The molecule has 1 aliphatic heterocycles. The van der Waals surface area contributed by atoms with E-state index in [0.29, 0.717) is 6.54 Å². The van der Waals surface area contributed by atoms with Crippen LogP contribution in [0.15, 0.2) is 41.8 Å². The number of carbonyl (C=O) groups is 1. The van der Waals surface area contributed by atoms with Crippen LogP contribution in [0.3, 0.4) is 0 Å². The van der Waals surface area contributed by atoms with Crippen molar-refractivity contribution in [2.45, 2.75) is 38.8 Å². The van der Waals surface area contributed by atoms with Gasteiger partial charge in [0.05, 0.1) is 12.6 Å². The van der Waals surface area contributed by atoms with Gasteiger partial charge in [0, 0.05) is 30.3 Å². The molecule has 0 aliphatic carbocycles. The Morgan fingerprint density at radius 3 is 2.92 bits per heavy atom. The summed E-state index contributed by atoms with van der Waals surface area (Å²) in [6.07, 6.45) is 3.36. The summed E-state index contributed by atoms with van der Waals surface area (Å²) in [5, 5.41) is 5.16. The number of hydrogen-bond acceptors (Lipinski definition) is 4. The lowest BCUT2D eigenvalue weighted by Crippen LogP contribution is -2.37. The molecule has 0 bridgehead atoms. The third kappa shape index (κ3) is 5.39. The van der Waals surface area contributed by atoms with E-state index < -0.39 is 0 Å². The molecule has 2 heterocycles. The SMILES string of the molecule is CCc1ccccc1NC(=O)CN(Cc1cccs1)CC1CCCO1. The maximum atomic E-state index is 12.6. The molecule has 4 nitrogen and oxygen atoms in total. The molecule has 1 fully saturated rings. The molecule has 1 saturated heterocycles. The molecule has 1 unspecified atom stereocenters. The fourth-order valence-electron chi connectivity index (χ4n) is 3.23. The molecule has 0 radical (unpaired) electrons. The molecular formula is C20H26N2O2S. The Hall–Kier alpha value is -1.69. The van der Waals surface area contributed by atoms with Gasteiger partial charge < -0.3 is 10.1 Å². The minimum absolute atomic E-state index is 0.0375. The minimum atomic E-state index is 0.0375. The van der Waals surface area contributed by atoms with E-state index in [2.05, 4.69) is 40.7 Å². The molecule has 3 rings (SSSR count). The Bertz CT molecular complexity index is 666. The lowest BCUT2D eigenvalue weighted by molar-refractivity contribution is -0.117. The zero-order valence-corrected chi connectivity index (χ0v) is 15.6. The fraction of sp³-hybridized carbons (Fsp3) is 0.450. The Kier molecular flexibility index (Phi) is 6.62. The van der Waals surface area contributed by atoms with E-state index in [-0.39, 0.29) is 12.0 Å². The quantitative estimate of drug-likeness (QED) is 0.777. The maximum absolute atomic E-state index is 12.6. The standard InChI is InChI=1S/C20H26N2O2S/c1-2-16-7-3-4-10-19(16)21-20(23)15-22(13-17-8-5-11-24-17)14-18-9-6-12-25-18/h3-4,6-7,9-10,12,17H,2,5,8,11,13-15H2,1H3,(H,21,23). The summed E-state index contributed by atoms with van der Waals surface area (Å²) in [5.41, 5.74) is 2.09. The van der Waals surface area contributed by atoms with Crippen LogP contribution in [0.1, 0.15) is 30.2 Å². The highest BCUT2D eigenvalue weighted by atomic mass is 32.1. The molecule has 1 amide bonds. The lowest BCUT2D eigenvalue weighted by Gasteiger charge is -2.24. The number of nitrogens with one attached hydrogen (secondary N) is 1. The molecule has 2 aromatic rings. The molecule has 5 heteroatoms. The number of ether oxygens (including phenoxy) is 1. The number of amides is 1. The summed E-state index contributed by atoms with van der Waals surface area (Å²) >= 11 is 1.73. The van der Waals surface area contributed by atoms with Gasteiger partial charge in [-0.25, -0.2) is 0 Å². The molecule has 1 atom stereocenters. The van der Waals surface area contributed by atoms with Crippen LogP contribution in [-0.2, 0) is 22.5 Å². The van der Waals surface area contributed by atoms with Crippen LogP contribution >= 0.6 is 11.3 Å². The van der Waals surface area contributed by atoms with Crippen LogP contribution in [0.2, 0.25) is 0 Å². The Morgan fingerprint density at radius 1 is 1.32 bits per heavy atom. The van der Waals surface area contributed by atoms with Gasteiger partial charge >= 0.3 is 0 Å². The molecule has 0 spiro atoms. The Labute approximate surface area is 153 Å². The number of benzene rings is 1. The third-order valence-corrected chi connectivity index (χ3v) is 5.35. The van der Waals surface area contributed by atoms with Crippen molar-refractivity contribution in [3.63, 3.8) is 0 Å². The second kappa shape index (κ2) is 9.13. The van der Waals surface area contributed by atoms with Crippen molar-refractivity contribution in [3.8, 4) is 0 Å². The van der Waals surface area contributed by atoms with Gasteiger partial charge in [0.2, 0.25) is 5.91 Å². The van der Waals surface area contributed by atoms with Gasteiger partial charge in [0.25, 0.3) is 0 Å². The molecule has 1 aromatic carbocycles. The Balaban J connectivity index is 1.62.